The average molecular weight is 425 g/mol. The Hall–Kier alpha value is -4.79. The summed E-state index contributed by atoms with van der Waals surface area (Å²) in [6.45, 7) is 0. The molecule has 0 atom stereocenters. The smallest absolute Gasteiger partial charge is 0.306 e. The van der Waals surface area contributed by atoms with Crippen LogP contribution in [0.25, 0.3) is 27.5 Å². The van der Waals surface area contributed by atoms with Crippen LogP contribution in [0, 0.1) is 0 Å². The van der Waals surface area contributed by atoms with E-state index in [2.05, 4.69) is 15.4 Å². The number of carbonyl (C=O) groups is 1. The van der Waals surface area contributed by atoms with Gasteiger partial charge in [-0.15, -0.1) is 0 Å². The molecule has 0 unspecified atom stereocenters. The van der Waals surface area contributed by atoms with Gasteiger partial charge >= 0.3 is 5.69 Å². The van der Waals surface area contributed by atoms with Crippen LogP contribution in [0.15, 0.2) is 93.5 Å². The van der Waals surface area contributed by atoms with Crippen LogP contribution in [0.1, 0.15) is 10.4 Å². The SMILES string of the molecule is O=C(Nn1cnc2ccccc2c1=O)c1ccc2c(=O)n(-c3ccccc3)c(=O)[nH]c2c1. The lowest BCUT2D eigenvalue weighted by molar-refractivity contribution is 0.101. The summed E-state index contributed by atoms with van der Waals surface area (Å²) in [5.41, 5.74) is 2.24. The van der Waals surface area contributed by atoms with Crippen molar-refractivity contribution in [1.29, 1.82) is 0 Å². The number of benzene rings is 3. The third-order valence-electron chi connectivity index (χ3n) is 5.06. The molecule has 9 nitrogen and oxygen atoms in total. The molecule has 2 aromatic heterocycles. The van der Waals surface area contributed by atoms with Gasteiger partial charge in [0.1, 0.15) is 6.33 Å². The third kappa shape index (κ3) is 3.18. The van der Waals surface area contributed by atoms with Crippen LogP contribution in [0.4, 0.5) is 0 Å². The average Bonchev–Trinajstić information content (AvgIpc) is 2.81. The molecule has 0 aliphatic carbocycles. The third-order valence-corrected chi connectivity index (χ3v) is 5.06. The number of carbonyl (C=O) groups excluding carboxylic acids is 1. The number of hydrogen-bond donors (Lipinski definition) is 2. The molecule has 3 aromatic carbocycles. The van der Waals surface area contributed by atoms with Crippen molar-refractivity contribution < 1.29 is 4.79 Å². The highest BCUT2D eigenvalue weighted by Crippen LogP contribution is 2.11. The van der Waals surface area contributed by atoms with Crippen molar-refractivity contribution in [2.24, 2.45) is 0 Å². The summed E-state index contributed by atoms with van der Waals surface area (Å²) in [7, 11) is 0. The van der Waals surface area contributed by atoms with E-state index in [0.717, 1.165) is 9.24 Å². The molecule has 5 aromatic rings. The highest BCUT2D eigenvalue weighted by molar-refractivity contribution is 6.02. The highest BCUT2D eigenvalue weighted by Gasteiger charge is 2.13. The largest absolute Gasteiger partial charge is 0.333 e. The molecule has 0 saturated carbocycles. The highest BCUT2D eigenvalue weighted by atomic mass is 16.2. The van der Waals surface area contributed by atoms with Crippen molar-refractivity contribution >= 4 is 27.7 Å². The summed E-state index contributed by atoms with van der Waals surface area (Å²) >= 11 is 0. The maximum Gasteiger partial charge on any atom is 0.333 e. The maximum absolute atomic E-state index is 12.9. The summed E-state index contributed by atoms with van der Waals surface area (Å²) in [4.78, 5) is 57.5. The first kappa shape index (κ1) is 19.2. The van der Waals surface area contributed by atoms with Crippen LogP contribution < -0.4 is 22.2 Å². The number of rotatable bonds is 3. The second kappa shape index (κ2) is 7.47. The van der Waals surface area contributed by atoms with Gasteiger partial charge in [-0.25, -0.2) is 19.0 Å². The molecule has 0 saturated heterocycles. The Kier molecular flexibility index (Phi) is 4.48. The number of H-pyrrole nitrogens is 1. The molecule has 2 N–H and O–H groups in total. The van der Waals surface area contributed by atoms with E-state index in [9.17, 15) is 19.2 Å². The van der Waals surface area contributed by atoms with Gasteiger partial charge in [-0.3, -0.25) is 19.8 Å². The number of aromatic nitrogens is 4. The zero-order chi connectivity index (χ0) is 22.2. The summed E-state index contributed by atoms with van der Waals surface area (Å²) in [5.74, 6) is -0.598. The zero-order valence-electron chi connectivity index (χ0n) is 16.5. The monoisotopic (exact) mass is 425 g/mol. The van der Waals surface area contributed by atoms with E-state index in [0.29, 0.717) is 16.6 Å². The van der Waals surface area contributed by atoms with Gasteiger partial charge in [-0.1, -0.05) is 30.3 Å². The fourth-order valence-electron chi connectivity index (χ4n) is 3.49. The lowest BCUT2D eigenvalue weighted by Crippen LogP contribution is -2.34. The Bertz CT molecular complexity index is 1680. The Morgan fingerprint density at radius 3 is 2.41 bits per heavy atom. The first-order valence-corrected chi connectivity index (χ1v) is 9.65. The summed E-state index contributed by atoms with van der Waals surface area (Å²) in [6, 6.07) is 19.6. The number of fused-ring (bicyclic) bond motifs is 2. The molecule has 156 valence electrons. The van der Waals surface area contributed by atoms with E-state index in [4.69, 9.17) is 0 Å². The van der Waals surface area contributed by atoms with E-state index in [1.807, 2.05) is 0 Å². The van der Waals surface area contributed by atoms with Crippen molar-refractivity contribution in [3.05, 3.63) is 116 Å². The van der Waals surface area contributed by atoms with Crippen molar-refractivity contribution in [2.75, 3.05) is 5.43 Å². The van der Waals surface area contributed by atoms with Gasteiger partial charge in [0.05, 0.1) is 27.5 Å². The van der Waals surface area contributed by atoms with Crippen LogP contribution >= 0.6 is 0 Å². The van der Waals surface area contributed by atoms with Gasteiger partial charge in [0.15, 0.2) is 0 Å². The number of para-hydroxylation sites is 2. The van der Waals surface area contributed by atoms with Crippen LogP contribution in [-0.4, -0.2) is 25.1 Å². The van der Waals surface area contributed by atoms with Gasteiger partial charge in [0, 0.05) is 5.56 Å². The zero-order valence-corrected chi connectivity index (χ0v) is 16.5. The molecule has 32 heavy (non-hydrogen) atoms. The molecular formula is C23H15N5O4. The molecule has 5 rings (SSSR count). The summed E-state index contributed by atoms with van der Waals surface area (Å²) in [6.07, 6.45) is 1.23. The van der Waals surface area contributed by atoms with E-state index in [-0.39, 0.29) is 16.5 Å². The number of hydrogen-bond acceptors (Lipinski definition) is 5. The molecule has 0 aliphatic heterocycles. The van der Waals surface area contributed by atoms with Gasteiger partial charge in [0.25, 0.3) is 17.0 Å². The minimum Gasteiger partial charge on any atom is -0.306 e. The predicted molar refractivity (Wildman–Crippen MR) is 120 cm³/mol. The van der Waals surface area contributed by atoms with Crippen molar-refractivity contribution in [3.63, 3.8) is 0 Å². The van der Waals surface area contributed by atoms with Crippen LogP contribution in [-0.2, 0) is 0 Å². The number of nitrogens with one attached hydrogen (secondary N) is 2. The minimum absolute atomic E-state index is 0.157. The predicted octanol–water partition coefficient (Wildman–Crippen LogP) is 1.77. The fraction of sp³-hybridized carbons (Fsp3) is 0. The van der Waals surface area contributed by atoms with Gasteiger partial charge in [0.2, 0.25) is 0 Å². The molecule has 2 heterocycles. The minimum atomic E-state index is -0.624. The van der Waals surface area contributed by atoms with Gasteiger partial charge in [-0.05, 0) is 42.5 Å². The molecular weight excluding hydrogens is 410 g/mol. The number of aromatic amines is 1. The van der Waals surface area contributed by atoms with Crippen LogP contribution in [0.5, 0.6) is 0 Å². The first-order valence-electron chi connectivity index (χ1n) is 9.65. The normalized spacial score (nSPS) is 11.0. The Labute approximate surface area is 179 Å². The first-order chi connectivity index (χ1) is 15.5. The van der Waals surface area contributed by atoms with Crippen LogP contribution in [0.3, 0.4) is 0 Å². The fourth-order valence-corrected chi connectivity index (χ4v) is 3.49. The standard InChI is InChI=1S/C23H15N5O4/c29-20(26-27-13-24-18-9-5-4-8-16(18)21(27)30)14-10-11-17-19(12-14)25-23(32)28(22(17)31)15-6-2-1-3-7-15/h1-13H,(H,25,32)(H,26,29). The number of amides is 1. The van der Waals surface area contributed by atoms with E-state index in [1.54, 1.807) is 54.6 Å². The van der Waals surface area contributed by atoms with E-state index >= 15 is 0 Å². The lowest BCUT2D eigenvalue weighted by atomic mass is 10.1. The Balaban J connectivity index is 1.54. The molecule has 0 radical (unpaired) electrons. The van der Waals surface area contributed by atoms with Crippen molar-refractivity contribution in [3.8, 4) is 5.69 Å². The van der Waals surface area contributed by atoms with Gasteiger partial charge < -0.3 is 4.98 Å². The molecule has 1 amide bonds. The molecule has 0 spiro atoms. The lowest BCUT2D eigenvalue weighted by Gasteiger charge is -2.10. The Morgan fingerprint density at radius 1 is 0.844 bits per heavy atom. The Morgan fingerprint density at radius 2 is 1.59 bits per heavy atom. The maximum atomic E-state index is 12.9. The molecule has 9 heteroatoms. The second-order valence-electron chi connectivity index (χ2n) is 7.04. The second-order valence-corrected chi connectivity index (χ2v) is 7.04. The van der Waals surface area contributed by atoms with Crippen molar-refractivity contribution in [2.45, 2.75) is 0 Å². The number of nitrogens with zero attached hydrogens (tertiary/aromatic N) is 3. The quantitative estimate of drug-likeness (QED) is 0.457. The van der Waals surface area contributed by atoms with Gasteiger partial charge in [-0.2, -0.15) is 0 Å². The molecule has 0 aliphatic rings. The van der Waals surface area contributed by atoms with E-state index in [1.165, 1.54) is 24.5 Å². The summed E-state index contributed by atoms with van der Waals surface area (Å²) in [5, 5.41) is 0.606. The van der Waals surface area contributed by atoms with E-state index < -0.39 is 22.7 Å². The molecule has 0 bridgehead atoms. The molecule has 0 fully saturated rings. The van der Waals surface area contributed by atoms with Crippen molar-refractivity contribution in [1.82, 2.24) is 19.2 Å². The topological polar surface area (TPSA) is 119 Å². The summed E-state index contributed by atoms with van der Waals surface area (Å²) < 4.78 is 2.02. The van der Waals surface area contributed by atoms with Crippen LogP contribution in [0.2, 0.25) is 0 Å².